The molecule has 4 heterocycles. The van der Waals surface area contributed by atoms with Crippen LogP contribution in [0.5, 0.6) is 0 Å². The van der Waals surface area contributed by atoms with Gasteiger partial charge in [0.15, 0.2) is 0 Å². The van der Waals surface area contributed by atoms with Gasteiger partial charge < -0.3 is 49.7 Å². The topological polar surface area (TPSA) is 321 Å². The highest BCUT2D eigenvalue weighted by atomic mass is 16.5. The predicted octanol–water partition coefficient (Wildman–Crippen LogP) is -0.273. The van der Waals surface area contributed by atoms with Gasteiger partial charge in [0, 0.05) is 108 Å². The van der Waals surface area contributed by atoms with E-state index in [-0.39, 0.29) is 152 Å². The van der Waals surface area contributed by atoms with Crippen molar-refractivity contribution in [1.82, 2.24) is 40.9 Å². The Balaban J connectivity index is 0.000000528. The Bertz CT molecular complexity index is 1970. The van der Waals surface area contributed by atoms with Gasteiger partial charge in [-0.1, -0.05) is 27.7 Å². The molecule has 0 saturated carbocycles. The molecule has 4 unspecified atom stereocenters. The van der Waals surface area contributed by atoms with Crippen molar-refractivity contribution in [3.05, 3.63) is 0 Å². The lowest BCUT2D eigenvalue weighted by atomic mass is 10.1. The number of hydrogen-bond donors (Lipinski definition) is 4. The molecule has 0 radical (unpaired) electrons. The first kappa shape index (κ1) is 70.2. The summed E-state index contributed by atoms with van der Waals surface area (Å²) >= 11 is 0. The molecule has 4 aliphatic rings. The number of ether oxygens (including phenoxy) is 6. The van der Waals surface area contributed by atoms with Gasteiger partial charge in [0.25, 0.3) is 0 Å². The zero-order valence-electron chi connectivity index (χ0n) is 47.6. The van der Waals surface area contributed by atoms with Crippen molar-refractivity contribution in [3.63, 3.8) is 0 Å². The molecule has 26 nitrogen and oxygen atoms in total. The largest absolute Gasteiger partial charge is 0.464 e. The zero-order valence-corrected chi connectivity index (χ0v) is 47.6. The van der Waals surface area contributed by atoms with Gasteiger partial charge in [-0.3, -0.25) is 77.1 Å². The SMILES string of the molecule is CC(=O)NCCOCCN1C(=O)CC(C)C1=O.CC(=O)N[C@@H](C)COC(=O)CCCOCCN1C(=O)CC(C)C1=O.CNCCOCCN1C(=O)CC(C)C1=O.CN[C@@H](C)COC(=O)CCCOCCN1C(=O)CC(C)C1=O. The molecule has 4 N–H and O–H groups in total. The van der Waals surface area contributed by atoms with E-state index < -0.39 is 0 Å². The number of nitrogens with zero attached hydrogens (tertiary/aromatic N) is 4. The second kappa shape index (κ2) is 39.5. The summed E-state index contributed by atoms with van der Waals surface area (Å²) in [6, 6.07) is -0.0845. The molecule has 0 aromatic heterocycles. The molecule has 444 valence electrons. The van der Waals surface area contributed by atoms with Gasteiger partial charge in [-0.15, -0.1) is 0 Å². The van der Waals surface area contributed by atoms with Gasteiger partial charge in [-0.25, -0.2) is 0 Å². The molecule has 0 aliphatic carbocycles. The van der Waals surface area contributed by atoms with E-state index in [1.807, 2.05) is 21.0 Å². The smallest absolute Gasteiger partial charge is 0.305 e. The Morgan fingerprint density at radius 3 is 1.08 bits per heavy atom. The number of likely N-dealkylation sites (tertiary alicyclic amines) is 4. The number of nitrogens with one attached hydrogen (secondary N) is 4. The molecule has 4 fully saturated rings. The normalized spacial score (nSPS) is 19.7. The molecule has 0 aromatic rings. The first-order valence-electron chi connectivity index (χ1n) is 26.8. The molecule has 6 atom stereocenters. The van der Waals surface area contributed by atoms with E-state index >= 15 is 0 Å². The summed E-state index contributed by atoms with van der Waals surface area (Å²) in [5.74, 6) is -2.68. The lowest BCUT2D eigenvalue weighted by Gasteiger charge is -2.14. The van der Waals surface area contributed by atoms with Crippen molar-refractivity contribution in [2.75, 3.05) is 119 Å². The molecule has 0 spiro atoms. The summed E-state index contributed by atoms with van der Waals surface area (Å²) < 4.78 is 31.3. The van der Waals surface area contributed by atoms with Crippen LogP contribution in [0.3, 0.4) is 0 Å². The van der Waals surface area contributed by atoms with Crippen LogP contribution < -0.4 is 21.3 Å². The van der Waals surface area contributed by atoms with Gasteiger partial charge in [-0.05, 0) is 40.8 Å². The van der Waals surface area contributed by atoms with Gasteiger partial charge in [0.1, 0.15) is 13.2 Å². The van der Waals surface area contributed by atoms with E-state index in [2.05, 4.69) is 21.3 Å². The van der Waals surface area contributed by atoms with Gasteiger partial charge >= 0.3 is 11.9 Å². The molecule has 0 aromatic carbocycles. The standard InChI is InChI=1S/C16H26N2O6.C15H26N2O5.C11H18N2O4.C10H18N2O3/c1-11-9-14(20)18(16(11)22)6-8-23-7-4-5-15(21)24-10-12(2)17-13(3)19;1-11-9-13(18)17(15(11)20)6-8-21-7-4-5-14(19)22-10-12(2)16-3;1-8-7-10(15)13(11(8)16)4-6-17-5-3-12-9(2)14;1-8-7-9(13)12(10(8)14)4-6-15-5-3-11-2/h11-12H,4-10H2,1-3H3,(H,17,19);11-12,16H,4-10H2,1-3H3;8H,3-7H2,1-2H3,(H,12,14);8,11H,3-7H2,1-2H3/t2*11?,12-;;/m00../s1. The summed E-state index contributed by atoms with van der Waals surface area (Å²) in [4.78, 5) is 141. The lowest BCUT2D eigenvalue weighted by Crippen LogP contribution is -2.34. The van der Waals surface area contributed by atoms with Gasteiger partial charge in [0.05, 0.1) is 71.9 Å². The van der Waals surface area contributed by atoms with E-state index in [9.17, 15) is 57.5 Å². The average molecular weight is 1110 g/mol. The van der Waals surface area contributed by atoms with Crippen LogP contribution in [0.4, 0.5) is 0 Å². The Kier molecular flexibility index (Phi) is 35.6. The van der Waals surface area contributed by atoms with Crippen LogP contribution in [0, 0.1) is 23.7 Å². The summed E-state index contributed by atoms with van der Waals surface area (Å²) in [5.41, 5.74) is 0. The number of likely N-dealkylation sites (N-methyl/N-ethyl adjacent to an activating group) is 2. The molecule has 0 bridgehead atoms. The molecule has 26 heteroatoms. The Morgan fingerprint density at radius 2 is 0.795 bits per heavy atom. The van der Waals surface area contributed by atoms with Crippen LogP contribution in [-0.2, 0) is 86.0 Å². The van der Waals surface area contributed by atoms with Crippen molar-refractivity contribution in [2.45, 2.75) is 119 Å². The van der Waals surface area contributed by atoms with Crippen LogP contribution in [-0.4, -0.2) is 222 Å². The predicted molar refractivity (Wildman–Crippen MR) is 280 cm³/mol. The molecule has 78 heavy (non-hydrogen) atoms. The second-order valence-electron chi connectivity index (χ2n) is 19.4. The zero-order chi connectivity index (χ0) is 58.7. The van der Waals surface area contributed by atoms with Crippen LogP contribution in [0.15, 0.2) is 0 Å². The van der Waals surface area contributed by atoms with Crippen molar-refractivity contribution in [1.29, 1.82) is 0 Å². The molecular weight excluding hydrogens is 1020 g/mol. The minimum absolute atomic E-state index is 0.0720. The van der Waals surface area contributed by atoms with E-state index in [1.165, 1.54) is 33.4 Å². The number of hydrogen-bond acceptors (Lipinski definition) is 20. The van der Waals surface area contributed by atoms with Crippen molar-refractivity contribution >= 4 is 71.0 Å². The number of amides is 10. The van der Waals surface area contributed by atoms with E-state index in [0.29, 0.717) is 105 Å². The van der Waals surface area contributed by atoms with E-state index in [4.69, 9.17) is 28.4 Å². The van der Waals surface area contributed by atoms with E-state index in [1.54, 1.807) is 34.6 Å². The maximum atomic E-state index is 11.7. The number of imide groups is 4. The fraction of sp³-hybridized carbons (Fsp3) is 0.769. The van der Waals surface area contributed by atoms with Crippen LogP contribution in [0.1, 0.15) is 107 Å². The highest BCUT2D eigenvalue weighted by molar-refractivity contribution is 6.05. The summed E-state index contributed by atoms with van der Waals surface area (Å²) in [6.07, 6.45) is 2.76. The molecule has 4 aliphatic heterocycles. The number of esters is 2. The summed E-state index contributed by atoms with van der Waals surface area (Å²) in [7, 11) is 3.65. The summed E-state index contributed by atoms with van der Waals surface area (Å²) in [5, 5.41) is 11.1. The Morgan fingerprint density at radius 1 is 0.474 bits per heavy atom. The third kappa shape index (κ3) is 28.7. The van der Waals surface area contributed by atoms with Gasteiger partial charge in [0.2, 0.25) is 59.1 Å². The minimum atomic E-state index is -0.352. The second-order valence-corrected chi connectivity index (χ2v) is 19.4. The highest BCUT2D eigenvalue weighted by Crippen LogP contribution is 2.21. The molecule has 4 saturated heterocycles. The van der Waals surface area contributed by atoms with Crippen LogP contribution in [0.25, 0.3) is 0 Å². The number of carbonyl (C=O) groups excluding carboxylic acids is 12. The Hall–Kier alpha value is -5.80. The molecule has 10 amide bonds. The fourth-order valence-corrected chi connectivity index (χ4v) is 7.53. The van der Waals surface area contributed by atoms with Crippen molar-refractivity contribution in [3.8, 4) is 0 Å². The first-order valence-corrected chi connectivity index (χ1v) is 26.8. The van der Waals surface area contributed by atoms with Crippen molar-refractivity contribution < 1.29 is 86.0 Å². The van der Waals surface area contributed by atoms with E-state index in [0.717, 1.165) is 6.54 Å². The quantitative estimate of drug-likeness (QED) is 0.0383. The van der Waals surface area contributed by atoms with Gasteiger partial charge in [-0.2, -0.15) is 0 Å². The van der Waals surface area contributed by atoms with Crippen LogP contribution >= 0.6 is 0 Å². The first-order chi connectivity index (χ1) is 36.9. The summed E-state index contributed by atoms with van der Waals surface area (Å²) in [6.45, 7) is 19.5. The number of carbonyl (C=O) groups is 12. The monoisotopic (exact) mass is 1110 g/mol. The Labute approximate surface area is 458 Å². The molecule has 4 rings (SSSR count). The van der Waals surface area contributed by atoms with Crippen molar-refractivity contribution in [2.24, 2.45) is 23.7 Å². The molecular formula is C52H88N8O18. The lowest BCUT2D eigenvalue weighted by molar-refractivity contribution is -0.145. The third-order valence-corrected chi connectivity index (χ3v) is 12.1. The van der Waals surface area contributed by atoms with Crippen LogP contribution in [0.2, 0.25) is 0 Å². The maximum absolute atomic E-state index is 11.7. The highest BCUT2D eigenvalue weighted by Gasteiger charge is 2.37. The minimum Gasteiger partial charge on any atom is -0.464 e. The third-order valence-electron chi connectivity index (χ3n) is 12.1. The fourth-order valence-electron chi connectivity index (χ4n) is 7.53. The number of rotatable bonds is 32. The maximum Gasteiger partial charge on any atom is 0.305 e. The average Bonchev–Trinajstić information content (AvgIpc) is 3.98.